The highest BCUT2D eigenvalue weighted by Gasteiger charge is 2.44. The fourth-order valence-electron chi connectivity index (χ4n) is 6.04. The zero-order valence-electron chi connectivity index (χ0n) is 21.1. The minimum atomic E-state index is -1.19. The monoisotopic (exact) mass is 498 g/mol. The first-order valence-corrected chi connectivity index (χ1v) is 13.1. The van der Waals surface area contributed by atoms with Gasteiger partial charge in [0.05, 0.1) is 11.7 Å². The second-order valence-corrected chi connectivity index (χ2v) is 10.5. The van der Waals surface area contributed by atoms with Gasteiger partial charge in [0.2, 0.25) is 5.91 Å². The number of likely N-dealkylation sites (tertiary alicyclic amines) is 1. The lowest BCUT2D eigenvalue weighted by molar-refractivity contribution is -0.141. The van der Waals surface area contributed by atoms with Crippen LogP contribution in [0, 0.1) is 17.7 Å². The Morgan fingerprint density at radius 2 is 2.00 bits per heavy atom. The van der Waals surface area contributed by atoms with Gasteiger partial charge in [-0.2, -0.15) is 0 Å². The summed E-state index contributed by atoms with van der Waals surface area (Å²) in [5.41, 5.74) is 7.07. The molecule has 0 bridgehead atoms. The summed E-state index contributed by atoms with van der Waals surface area (Å²) in [6, 6.07) is 13.8. The molecule has 196 valence electrons. The van der Waals surface area contributed by atoms with Gasteiger partial charge in [0.25, 0.3) is 0 Å². The van der Waals surface area contributed by atoms with E-state index in [-0.39, 0.29) is 29.6 Å². The van der Waals surface area contributed by atoms with Gasteiger partial charge in [-0.05, 0) is 73.8 Å². The van der Waals surface area contributed by atoms with E-state index in [4.69, 9.17) is 10.5 Å². The van der Waals surface area contributed by atoms with Crippen LogP contribution < -0.4 is 5.73 Å². The standard InChI is InChI=1S/C29H39FN2O4/c1-36-15-5-4-13-29(35,25-12-3-2-11-24(25)20-8-6-10-23(30)16-20)22-9-7-14-32(19-22)28(34)21-17-26(31)27(33)18-21/h2-3,6,8,10-12,16,21-22,26-27,33,35H,4-5,7,9,13-15,17-19,31H2,1H3/t21-,22+,26+,27-,29-/m0/s1. The summed E-state index contributed by atoms with van der Waals surface area (Å²) >= 11 is 0. The normalized spacial score (nSPS) is 26.1. The Morgan fingerprint density at radius 3 is 2.72 bits per heavy atom. The number of benzene rings is 2. The highest BCUT2D eigenvalue weighted by Crippen LogP contribution is 2.44. The van der Waals surface area contributed by atoms with Crippen LogP contribution in [0.2, 0.25) is 0 Å². The predicted molar refractivity (Wildman–Crippen MR) is 137 cm³/mol. The number of aliphatic hydroxyl groups is 2. The molecule has 4 N–H and O–H groups in total. The Morgan fingerprint density at radius 1 is 1.19 bits per heavy atom. The molecule has 0 spiro atoms. The van der Waals surface area contributed by atoms with Crippen LogP contribution in [0.3, 0.4) is 0 Å². The van der Waals surface area contributed by atoms with Crippen LogP contribution in [0.25, 0.3) is 11.1 Å². The number of nitrogens with two attached hydrogens (primary N) is 1. The van der Waals surface area contributed by atoms with Crippen LogP contribution in [0.5, 0.6) is 0 Å². The molecule has 6 nitrogen and oxygen atoms in total. The number of rotatable bonds is 9. The van der Waals surface area contributed by atoms with E-state index < -0.39 is 11.7 Å². The number of carbonyl (C=O) groups is 1. The van der Waals surface area contributed by atoms with Crippen molar-refractivity contribution in [2.75, 3.05) is 26.8 Å². The molecule has 7 heteroatoms. The van der Waals surface area contributed by atoms with Gasteiger partial charge in [0, 0.05) is 44.7 Å². The Balaban J connectivity index is 1.64. The van der Waals surface area contributed by atoms with E-state index in [0.717, 1.165) is 42.4 Å². The number of nitrogens with zero attached hydrogens (tertiary/aromatic N) is 1. The maximum atomic E-state index is 14.1. The first-order chi connectivity index (χ1) is 17.3. The number of carbonyl (C=O) groups excluding carboxylic acids is 1. The van der Waals surface area contributed by atoms with Crippen LogP contribution in [0.15, 0.2) is 48.5 Å². The fraction of sp³-hybridized carbons (Fsp3) is 0.552. The number of hydrogen-bond donors (Lipinski definition) is 3. The van der Waals surface area contributed by atoms with Crippen molar-refractivity contribution in [2.45, 2.75) is 62.7 Å². The molecule has 1 saturated carbocycles. The van der Waals surface area contributed by atoms with Crippen LogP contribution in [-0.4, -0.2) is 60.0 Å². The van der Waals surface area contributed by atoms with Gasteiger partial charge in [0.1, 0.15) is 5.82 Å². The minimum absolute atomic E-state index is 0.0202. The summed E-state index contributed by atoms with van der Waals surface area (Å²) in [5.74, 6) is -0.750. The van der Waals surface area contributed by atoms with Gasteiger partial charge in [-0.3, -0.25) is 4.79 Å². The molecule has 1 aliphatic carbocycles. The third-order valence-corrected chi connectivity index (χ3v) is 8.02. The third kappa shape index (κ3) is 5.80. The summed E-state index contributed by atoms with van der Waals surface area (Å²) in [4.78, 5) is 15.2. The lowest BCUT2D eigenvalue weighted by Crippen LogP contribution is -2.49. The lowest BCUT2D eigenvalue weighted by Gasteiger charge is -2.44. The number of methoxy groups -OCH3 is 1. The van der Waals surface area contributed by atoms with Crippen molar-refractivity contribution < 1.29 is 24.1 Å². The molecule has 36 heavy (non-hydrogen) atoms. The Kier molecular flexibility index (Phi) is 8.78. The molecule has 4 rings (SSSR count). The van der Waals surface area contributed by atoms with Crippen molar-refractivity contribution in [3.8, 4) is 11.1 Å². The molecule has 2 aromatic rings. The molecule has 2 aromatic carbocycles. The number of amides is 1. The maximum Gasteiger partial charge on any atom is 0.225 e. The Labute approximate surface area is 213 Å². The minimum Gasteiger partial charge on any atom is -0.391 e. The van der Waals surface area contributed by atoms with Gasteiger partial charge >= 0.3 is 0 Å². The van der Waals surface area contributed by atoms with Crippen molar-refractivity contribution in [1.82, 2.24) is 4.90 Å². The molecule has 2 fully saturated rings. The quantitative estimate of drug-likeness (QED) is 0.457. The van der Waals surface area contributed by atoms with Gasteiger partial charge in [0.15, 0.2) is 0 Å². The second-order valence-electron chi connectivity index (χ2n) is 10.5. The maximum absolute atomic E-state index is 14.1. The summed E-state index contributed by atoms with van der Waals surface area (Å²) in [6.07, 6.45) is 3.91. The van der Waals surface area contributed by atoms with E-state index in [0.29, 0.717) is 39.0 Å². The third-order valence-electron chi connectivity index (χ3n) is 8.02. The number of aliphatic hydroxyl groups excluding tert-OH is 1. The van der Waals surface area contributed by atoms with Crippen molar-refractivity contribution in [3.05, 3.63) is 59.9 Å². The Hall–Kier alpha value is -2.32. The SMILES string of the molecule is COCCCC[C@@](O)(c1ccccc1-c1cccc(F)c1)[C@@H]1CCCN(C(=O)[C@H]2C[C@@H](N)[C@@H](O)C2)C1. The molecule has 0 unspecified atom stereocenters. The molecule has 0 radical (unpaired) electrons. The largest absolute Gasteiger partial charge is 0.391 e. The average Bonchev–Trinajstić information content (AvgIpc) is 3.24. The molecule has 1 amide bonds. The van der Waals surface area contributed by atoms with Gasteiger partial charge in [-0.25, -0.2) is 4.39 Å². The zero-order valence-corrected chi connectivity index (χ0v) is 21.1. The summed E-state index contributed by atoms with van der Waals surface area (Å²) in [7, 11) is 1.67. The van der Waals surface area contributed by atoms with E-state index in [9.17, 15) is 19.4 Å². The zero-order chi connectivity index (χ0) is 25.7. The van der Waals surface area contributed by atoms with Crippen molar-refractivity contribution in [3.63, 3.8) is 0 Å². The fourth-order valence-corrected chi connectivity index (χ4v) is 6.04. The molecular formula is C29H39FN2O4. The van der Waals surface area contributed by atoms with Crippen molar-refractivity contribution in [1.29, 1.82) is 0 Å². The van der Waals surface area contributed by atoms with Crippen LogP contribution >= 0.6 is 0 Å². The summed E-state index contributed by atoms with van der Waals surface area (Å²) in [6.45, 7) is 1.70. The number of unbranched alkanes of at least 4 members (excludes halogenated alkanes) is 1. The van der Waals surface area contributed by atoms with Gasteiger partial charge < -0.3 is 25.6 Å². The number of halogens is 1. The van der Waals surface area contributed by atoms with E-state index >= 15 is 0 Å². The smallest absolute Gasteiger partial charge is 0.225 e. The first kappa shape index (κ1) is 26.7. The molecule has 5 atom stereocenters. The van der Waals surface area contributed by atoms with Crippen LogP contribution in [0.4, 0.5) is 4.39 Å². The van der Waals surface area contributed by atoms with E-state index in [1.54, 1.807) is 13.2 Å². The van der Waals surface area contributed by atoms with E-state index in [1.165, 1.54) is 12.1 Å². The van der Waals surface area contributed by atoms with Gasteiger partial charge in [-0.1, -0.05) is 36.4 Å². The average molecular weight is 499 g/mol. The first-order valence-electron chi connectivity index (χ1n) is 13.1. The molecule has 1 aliphatic heterocycles. The van der Waals surface area contributed by atoms with Crippen LogP contribution in [-0.2, 0) is 15.1 Å². The van der Waals surface area contributed by atoms with E-state index in [2.05, 4.69) is 0 Å². The van der Waals surface area contributed by atoms with E-state index in [1.807, 2.05) is 35.2 Å². The molecular weight excluding hydrogens is 459 g/mol. The number of piperidine rings is 1. The topological polar surface area (TPSA) is 96.0 Å². The Bertz CT molecular complexity index is 1020. The number of ether oxygens (including phenoxy) is 1. The summed E-state index contributed by atoms with van der Waals surface area (Å²) in [5, 5.41) is 22.5. The van der Waals surface area contributed by atoms with Crippen molar-refractivity contribution in [2.24, 2.45) is 17.6 Å². The highest BCUT2D eigenvalue weighted by atomic mass is 19.1. The molecule has 1 saturated heterocycles. The predicted octanol–water partition coefficient (Wildman–Crippen LogP) is 3.83. The lowest BCUT2D eigenvalue weighted by atomic mass is 9.72. The number of hydrogen-bond acceptors (Lipinski definition) is 5. The van der Waals surface area contributed by atoms with Crippen molar-refractivity contribution >= 4 is 5.91 Å². The second kappa shape index (κ2) is 11.8. The molecule has 1 heterocycles. The summed E-state index contributed by atoms with van der Waals surface area (Å²) < 4.78 is 19.3. The highest BCUT2D eigenvalue weighted by molar-refractivity contribution is 5.79. The molecule has 0 aromatic heterocycles. The van der Waals surface area contributed by atoms with Crippen LogP contribution in [0.1, 0.15) is 50.5 Å². The van der Waals surface area contributed by atoms with Gasteiger partial charge in [-0.15, -0.1) is 0 Å². The molecule has 2 aliphatic rings.